The lowest BCUT2D eigenvalue weighted by Gasteiger charge is -2.38. The van der Waals surface area contributed by atoms with Gasteiger partial charge in [-0.05, 0) is 5.41 Å². The molecular weight excluding hydrogens is 202 g/mol. The third-order valence-corrected chi connectivity index (χ3v) is 2.62. The quantitative estimate of drug-likeness (QED) is 0.634. The Balaban J connectivity index is 3.35. The minimum atomic E-state index is -0.186. The zero-order valence-corrected chi connectivity index (χ0v) is 11.5. The van der Waals surface area contributed by atoms with E-state index in [1.807, 2.05) is 0 Å². The van der Waals surface area contributed by atoms with Crippen molar-refractivity contribution in [1.82, 2.24) is 4.90 Å². The normalized spacial score (nSPS) is 18.9. The van der Waals surface area contributed by atoms with E-state index in [1.54, 1.807) is 11.9 Å². The topological polar surface area (TPSA) is 29.5 Å². The lowest BCUT2D eigenvalue weighted by Crippen LogP contribution is -2.41. The number of nitrogens with zero attached hydrogens (tertiary/aromatic N) is 1. The molecule has 3 nitrogen and oxygen atoms in total. The molecule has 0 aliphatic carbocycles. The molecule has 0 aromatic carbocycles. The molecule has 0 saturated heterocycles. The van der Waals surface area contributed by atoms with E-state index in [1.165, 1.54) is 0 Å². The summed E-state index contributed by atoms with van der Waals surface area (Å²) in [5.41, 5.74) is 0.488. The van der Waals surface area contributed by atoms with Gasteiger partial charge in [-0.25, -0.2) is 0 Å². The van der Waals surface area contributed by atoms with Crippen LogP contribution < -0.4 is 0 Å². The zero-order valence-electron chi connectivity index (χ0n) is 11.5. The largest absolute Gasteiger partial charge is 0.476 e. The first-order chi connectivity index (χ1) is 7.05. The number of carbonyl (C=O) groups is 1. The number of ether oxygens (including phenoxy) is 1. The second-order valence-electron chi connectivity index (χ2n) is 6.48. The fourth-order valence-electron chi connectivity index (χ4n) is 1.83. The summed E-state index contributed by atoms with van der Waals surface area (Å²) in [6, 6.07) is 0. The van der Waals surface area contributed by atoms with Crippen LogP contribution in [-0.4, -0.2) is 24.6 Å². The van der Waals surface area contributed by atoms with Gasteiger partial charge in [0.15, 0.2) is 6.73 Å². The fourth-order valence-corrected chi connectivity index (χ4v) is 1.83. The van der Waals surface area contributed by atoms with E-state index in [0.29, 0.717) is 6.73 Å². The van der Waals surface area contributed by atoms with Gasteiger partial charge in [0, 0.05) is 12.5 Å². The average Bonchev–Trinajstić information content (AvgIpc) is 2.05. The molecule has 0 aromatic rings. The van der Waals surface area contributed by atoms with E-state index in [-0.39, 0.29) is 16.7 Å². The lowest BCUT2D eigenvalue weighted by molar-refractivity contribution is -0.135. The molecule has 0 radical (unpaired) electrons. The van der Waals surface area contributed by atoms with Crippen molar-refractivity contribution >= 4 is 5.91 Å². The Kier molecular flexibility index (Phi) is 3.10. The van der Waals surface area contributed by atoms with E-state index in [2.05, 4.69) is 41.5 Å². The molecule has 0 spiro atoms. The van der Waals surface area contributed by atoms with Gasteiger partial charge in [-0.2, -0.15) is 0 Å². The number of amides is 1. The third-order valence-electron chi connectivity index (χ3n) is 2.62. The second kappa shape index (κ2) is 3.79. The number of carbonyl (C=O) groups excluding carboxylic acids is 1. The molecule has 1 heterocycles. The standard InChI is InChI=1S/C13H23NO2/c1-12(2,3)9-10(13(4,5)6)16-8-14(7)11(9)15/h8H2,1-7H3. The number of rotatable bonds is 0. The van der Waals surface area contributed by atoms with Crippen LogP contribution in [0.15, 0.2) is 11.3 Å². The molecule has 0 fully saturated rings. The van der Waals surface area contributed by atoms with Crippen molar-refractivity contribution in [3.05, 3.63) is 11.3 Å². The summed E-state index contributed by atoms with van der Waals surface area (Å²) in [5.74, 6) is 0.923. The first-order valence-electron chi connectivity index (χ1n) is 5.68. The predicted octanol–water partition coefficient (Wildman–Crippen LogP) is 2.78. The molecule has 0 unspecified atom stereocenters. The molecule has 0 bridgehead atoms. The highest BCUT2D eigenvalue weighted by atomic mass is 16.5. The van der Waals surface area contributed by atoms with Crippen molar-refractivity contribution in [3.8, 4) is 0 Å². The average molecular weight is 225 g/mol. The molecule has 1 aliphatic heterocycles. The van der Waals surface area contributed by atoms with Crippen molar-refractivity contribution in [2.45, 2.75) is 41.5 Å². The van der Waals surface area contributed by atoms with Crippen LogP contribution in [-0.2, 0) is 9.53 Å². The van der Waals surface area contributed by atoms with E-state index >= 15 is 0 Å². The molecule has 1 amide bonds. The third kappa shape index (κ3) is 2.39. The van der Waals surface area contributed by atoms with Crippen LogP contribution in [0.5, 0.6) is 0 Å². The van der Waals surface area contributed by atoms with Crippen molar-refractivity contribution in [3.63, 3.8) is 0 Å². The lowest BCUT2D eigenvalue weighted by atomic mass is 9.78. The summed E-state index contributed by atoms with van der Waals surface area (Å²) >= 11 is 0. The highest BCUT2D eigenvalue weighted by Gasteiger charge is 2.38. The first kappa shape index (κ1) is 13.1. The maximum Gasteiger partial charge on any atom is 0.256 e. The molecule has 0 atom stereocenters. The van der Waals surface area contributed by atoms with Crippen LogP contribution >= 0.6 is 0 Å². The molecule has 92 valence electrons. The Hall–Kier alpha value is -0.990. The number of hydrogen-bond donors (Lipinski definition) is 0. The molecular formula is C13H23NO2. The molecule has 3 heteroatoms. The van der Waals surface area contributed by atoms with Crippen molar-refractivity contribution in [2.75, 3.05) is 13.8 Å². The van der Waals surface area contributed by atoms with Gasteiger partial charge in [0.05, 0.1) is 5.57 Å². The highest BCUT2D eigenvalue weighted by molar-refractivity contribution is 5.95. The van der Waals surface area contributed by atoms with Gasteiger partial charge < -0.3 is 9.64 Å². The summed E-state index contributed by atoms with van der Waals surface area (Å²) in [7, 11) is 1.77. The molecule has 0 N–H and O–H groups in total. The van der Waals surface area contributed by atoms with Crippen LogP contribution in [0.3, 0.4) is 0 Å². The minimum Gasteiger partial charge on any atom is -0.476 e. The van der Waals surface area contributed by atoms with E-state index in [4.69, 9.17) is 4.74 Å². The van der Waals surface area contributed by atoms with E-state index in [9.17, 15) is 4.79 Å². The Morgan fingerprint density at radius 2 is 1.56 bits per heavy atom. The summed E-state index contributed by atoms with van der Waals surface area (Å²) in [5, 5.41) is 0. The maximum atomic E-state index is 12.2. The van der Waals surface area contributed by atoms with Crippen LogP contribution in [0.4, 0.5) is 0 Å². The monoisotopic (exact) mass is 225 g/mol. The van der Waals surface area contributed by atoms with Gasteiger partial charge in [-0.15, -0.1) is 0 Å². The second-order valence-corrected chi connectivity index (χ2v) is 6.48. The summed E-state index contributed by atoms with van der Waals surface area (Å²) in [6.45, 7) is 12.7. The fraction of sp³-hybridized carbons (Fsp3) is 0.769. The zero-order chi connectivity index (χ0) is 12.7. The minimum absolute atomic E-state index is 0.0867. The SMILES string of the molecule is CN1COC(C(C)(C)C)=C(C(C)(C)C)C1=O. The van der Waals surface area contributed by atoms with E-state index in [0.717, 1.165) is 11.3 Å². The Bertz CT molecular complexity index is 329. The molecule has 0 aromatic heterocycles. The summed E-state index contributed by atoms with van der Waals surface area (Å²) in [6.07, 6.45) is 0. The van der Waals surface area contributed by atoms with Crippen LogP contribution in [0.2, 0.25) is 0 Å². The van der Waals surface area contributed by atoms with Gasteiger partial charge >= 0.3 is 0 Å². The van der Waals surface area contributed by atoms with Crippen molar-refractivity contribution in [1.29, 1.82) is 0 Å². The van der Waals surface area contributed by atoms with Gasteiger partial charge in [0.25, 0.3) is 5.91 Å². The first-order valence-corrected chi connectivity index (χ1v) is 5.68. The smallest absolute Gasteiger partial charge is 0.256 e. The number of likely N-dealkylation sites (N-methyl/N-ethyl adjacent to an activating group) is 1. The van der Waals surface area contributed by atoms with Gasteiger partial charge in [-0.3, -0.25) is 4.79 Å². The maximum absolute atomic E-state index is 12.2. The van der Waals surface area contributed by atoms with E-state index < -0.39 is 0 Å². The van der Waals surface area contributed by atoms with Crippen LogP contribution in [0.1, 0.15) is 41.5 Å². The Morgan fingerprint density at radius 1 is 1.06 bits per heavy atom. The summed E-state index contributed by atoms with van der Waals surface area (Å²) in [4.78, 5) is 13.8. The van der Waals surface area contributed by atoms with Crippen molar-refractivity contribution < 1.29 is 9.53 Å². The van der Waals surface area contributed by atoms with Gasteiger partial charge in [0.2, 0.25) is 0 Å². The molecule has 1 aliphatic rings. The Labute approximate surface area is 98.5 Å². The van der Waals surface area contributed by atoms with Crippen LogP contribution in [0.25, 0.3) is 0 Å². The highest BCUT2D eigenvalue weighted by Crippen LogP contribution is 2.39. The Morgan fingerprint density at radius 3 is 1.94 bits per heavy atom. The number of allylic oxidation sites excluding steroid dienone is 1. The summed E-state index contributed by atoms with van der Waals surface area (Å²) < 4.78 is 5.75. The predicted molar refractivity (Wildman–Crippen MR) is 64.7 cm³/mol. The van der Waals surface area contributed by atoms with Gasteiger partial charge in [-0.1, -0.05) is 41.5 Å². The van der Waals surface area contributed by atoms with Crippen molar-refractivity contribution in [2.24, 2.45) is 10.8 Å². The van der Waals surface area contributed by atoms with Crippen LogP contribution in [0, 0.1) is 10.8 Å². The van der Waals surface area contributed by atoms with Gasteiger partial charge in [0.1, 0.15) is 5.76 Å². The molecule has 1 rings (SSSR count). The molecule has 16 heavy (non-hydrogen) atoms. The molecule has 0 saturated carbocycles. The number of hydrogen-bond acceptors (Lipinski definition) is 2.